The molecule has 1 atom stereocenters. The van der Waals surface area contributed by atoms with Gasteiger partial charge in [-0.05, 0) is 55.0 Å². The second-order valence-electron chi connectivity index (χ2n) is 8.08. The summed E-state index contributed by atoms with van der Waals surface area (Å²) < 4.78 is 33.6. The molecule has 0 spiro atoms. The van der Waals surface area contributed by atoms with Crippen LogP contribution in [-0.4, -0.2) is 51.9 Å². The fourth-order valence-corrected chi connectivity index (χ4v) is 5.44. The van der Waals surface area contributed by atoms with Gasteiger partial charge in [0.25, 0.3) is 10.0 Å². The van der Waals surface area contributed by atoms with Crippen LogP contribution < -0.4 is 14.4 Å². The molecule has 3 rings (SSSR count). The Balaban J connectivity index is 2.05. The number of methoxy groups -OCH3 is 1. The van der Waals surface area contributed by atoms with Crippen LogP contribution in [0.2, 0.25) is 10.0 Å². The molecule has 11 heteroatoms. The molecular weight excluding hydrogens is 537 g/mol. The summed E-state index contributed by atoms with van der Waals surface area (Å²) in [7, 11) is -1.27. The lowest BCUT2D eigenvalue weighted by Gasteiger charge is -2.32. The molecule has 196 valence electrons. The average molecular weight is 564 g/mol. The van der Waals surface area contributed by atoms with Gasteiger partial charge < -0.3 is 15.0 Å². The smallest absolute Gasteiger partial charge is 0.264 e. The number of nitrogens with zero attached hydrogens (tertiary/aromatic N) is 2. The van der Waals surface area contributed by atoms with Gasteiger partial charge in [-0.25, -0.2) is 8.42 Å². The molecule has 2 amide bonds. The predicted molar refractivity (Wildman–Crippen MR) is 145 cm³/mol. The highest BCUT2D eigenvalue weighted by Gasteiger charge is 2.32. The van der Waals surface area contributed by atoms with Gasteiger partial charge in [0.2, 0.25) is 11.8 Å². The van der Waals surface area contributed by atoms with Crippen LogP contribution in [0.1, 0.15) is 12.5 Å². The van der Waals surface area contributed by atoms with E-state index in [1.165, 1.54) is 49.4 Å². The van der Waals surface area contributed by atoms with E-state index in [0.29, 0.717) is 10.8 Å². The lowest BCUT2D eigenvalue weighted by atomic mass is 10.1. The highest BCUT2D eigenvalue weighted by Crippen LogP contribution is 2.32. The molecule has 0 aliphatic rings. The molecule has 3 aromatic rings. The number of carbonyl (C=O) groups excluding carboxylic acids is 2. The monoisotopic (exact) mass is 563 g/mol. The summed E-state index contributed by atoms with van der Waals surface area (Å²) in [4.78, 5) is 27.5. The van der Waals surface area contributed by atoms with E-state index in [1.807, 2.05) is 0 Å². The van der Waals surface area contributed by atoms with Gasteiger partial charge in [0, 0.05) is 18.6 Å². The lowest BCUT2D eigenvalue weighted by molar-refractivity contribution is -0.139. The number of halogens is 2. The minimum absolute atomic E-state index is 0.00154. The van der Waals surface area contributed by atoms with E-state index in [1.54, 1.807) is 49.4 Å². The summed E-state index contributed by atoms with van der Waals surface area (Å²) in [5.74, 6) is -0.629. The van der Waals surface area contributed by atoms with Gasteiger partial charge in [-0.1, -0.05) is 53.5 Å². The minimum Gasteiger partial charge on any atom is -0.495 e. The molecule has 37 heavy (non-hydrogen) atoms. The zero-order chi connectivity index (χ0) is 27.2. The summed E-state index contributed by atoms with van der Waals surface area (Å²) in [6, 6.07) is 18.1. The highest BCUT2D eigenvalue weighted by atomic mass is 35.5. The third-order valence-corrected chi connectivity index (χ3v) is 8.05. The number of nitrogens with one attached hydrogen (secondary N) is 1. The number of rotatable bonds is 10. The molecule has 0 unspecified atom stereocenters. The number of benzene rings is 3. The van der Waals surface area contributed by atoms with Crippen LogP contribution in [0.4, 0.5) is 5.69 Å². The highest BCUT2D eigenvalue weighted by molar-refractivity contribution is 7.92. The van der Waals surface area contributed by atoms with E-state index in [2.05, 4.69) is 5.32 Å². The maximum absolute atomic E-state index is 13.7. The van der Waals surface area contributed by atoms with Crippen molar-refractivity contribution in [2.24, 2.45) is 0 Å². The van der Waals surface area contributed by atoms with Gasteiger partial charge in [-0.15, -0.1) is 0 Å². The molecule has 0 radical (unpaired) electrons. The quantitative estimate of drug-likeness (QED) is 0.395. The summed E-state index contributed by atoms with van der Waals surface area (Å²) in [6.07, 6.45) is 0. The summed E-state index contributed by atoms with van der Waals surface area (Å²) in [5, 5.41) is 3.24. The van der Waals surface area contributed by atoms with Crippen LogP contribution >= 0.6 is 23.2 Å². The maximum Gasteiger partial charge on any atom is 0.264 e. The molecule has 0 saturated heterocycles. The molecule has 0 aliphatic heterocycles. The minimum atomic E-state index is -4.18. The van der Waals surface area contributed by atoms with Crippen molar-refractivity contribution in [1.82, 2.24) is 10.2 Å². The van der Waals surface area contributed by atoms with Crippen LogP contribution in [0, 0.1) is 0 Å². The molecule has 0 aliphatic carbocycles. The maximum atomic E-state index is 13.7. The van der Waals surface area contributed by atoms with E-state index in [-0.39, 0.29) is 22.2 Å². The number of amides is 2. The standard InChI is InChI=1S/C26H27Cl2N3O5S/c1-18(26(33)29-2)30(16-19-9-11-20(27)12-10-19)25(32)17-31(21-13-14-24(36-3)23(28)15-21)37(34,35)22-7-5-4-6-8-22/h4-15,18H,16-17H2,1-3H3,(H,29,33)/t18-/m0/s1. The third-order valence-electron chi connectivity index (χ3n) is 5.71. The first-order valence-corrected chi connectivity index (χ1v) is 13.4. The molecule has 1 N–H and O–H groups in total. The molecule has 8 nitrogen and oxygen atoms in total. The number of hydrogen-bond acceptors (Lipinski definition) is 5. The van der Waals surface area contributed by atoms with Gasteiger partial charge in [0.1, 0.15) is 18.3 Å². The Morgan fingerprint density at radius 2 is 1.65 bits per heavy atom. The van der Waals surface area contributed by atoms with Crippen molar-refractivity contribution in [2.45, 2.75) is 24.4 Å². The Morgan fingerprint density at radius 1 is 1.00 bits per heavy atom. The zero-order valence-corrected chi connectivity index (χ0v) is 22.8. The van der Waals surface area contributed by atoms with Crippen LogP contribution in [-0.2, 0) is 26.2 Å². The summed E-state index contributed by atoms with van der Waals surface area (Å²) >= 11 is 12.3. The lowest BCUT2D eigenvalue weighted by Crippen LogP contribution is -2.50. The topological polar surface area (TPSA) is 96.0 Å². The fraction of sp³-hybridized carbons (Fsp3) is 0.231. The second-order valence-corrected chi connectivity index (χ2v) is 10.8. The van der Waals surface area contributed by atoms with Gasteiger partial charge >= 0.3 is 0 Å². The van der Waals surface area contributed by atoms with Crippen molar-refractivity contribution in [3.8, 4) is 5.75 Å². The molecule has 3 aromatic carbocycles. The number of anilines is 1. The summed E-state index contributed by atoms with van der Waals surface area (Å²) in [5.41, 5.74) is 0.889. The van der Waals surface area contributed by atoms with E-state index >= 15 is 0 Å². The number of ether oxygens (including phenoxy) is 1. The van der Waals surface area contributed by atoms with Crippen LogP contribution in [0.25, 0.3) is 0 Å². The van der Waals surface area contributed by atoms with Gasteiger partial charge in [-0.2, -0.15) is 0 Å². The van der Waals surface area contributed by atoms with Gasteiger partial charge in [0.05, 0.1) is 22.7 Å². The first-order chi connectivity index (χ1) is 17.6. The Morgan fingerprint density at radius 3 is 2.22 bits per heavy atom. The average Bonchev–Trinajstić information content (AvgIpc) is 2.90. The Bertz CT molecular complexity index is 1350. The molecule has 0 bridgehead atoms. The molecule has 0 aromatic heterocycles. The van der Waals surface area contributed by atoms with Crippen LogP contribution in [0.15, 0.2) is 77.7 Å². The zero-order valence-electron chi connectivity index (χ0n) is 20.5. The van der Waals surface area contributed by atoms with E-state index < -0.39 is 34.4 Å². The van der Waals surface area contributed by atoms with Gasteiger partial charge in [0.15, 0.2) is 0 Å². The Kier molecular flexibility index (Phi) is 9.42. The summed E-state index contributed by atoms with van der Waals surface area (Å²) in [6.45, 7) is 1.06. The van der Waals surface area contributed by atoms with Crippen molar-refractivity contribution in [1.29, 1.82) is 0 Å². The van der Waals surface area contributed by atoms with Crippen molar-refractivity contribution < 1.29 is 22.7 Å². The van der Waals surface area contributed by atoms with E-state index in [4.69, 9.17) is 27.9 Å². The number of carbonyl (C=O) groups is 2. The van der Waals surface area contributed by atoms with Gasteiger partial charge in [-0.3, -0.25) is 13.9 Å². The second kappa shape index (κ2) is 12.3. The number of hydrogen-bond donors (Lipinski definition) is 1. The molecule has 0 saturated carbocycles. The fourth-order valence-electron chi connectivity index (χ4n) is 3.64. The van der Waals surface area contributed by atoms with Crippen molar-refractivity contribution >= 4 is 50.7 Å². The van der Waals surface area contributed by atoms with Crippen LogP contribution in [0.3, 0.4) is 0 Å². The van der Waals surface area contributed by atoms with Crippen molar-refractivity contribution in [3.63, 3.8) is 0 Å². The van der Waals surface area contributed by atoms with Crippen molar-refractivity contribution in [2.75, 3.05) is 25.0 Å². The Labute approximate surface area is 226 Å². The molecule has 0 heterocycles. The first-order valence-electron chi connectivity index (χ1n) is 11.2. The number of likely N-dealkylation sites (N-methyl/N-ethyl adjacent to an activating group) is 1. The molecule has 0 fully saturated rings. The predicted octanol–water partition coefficient (Wildman–Crippen LogP) is 4.36. The first kappa shape index (κ1) is 28.3. The largest absolute Gasteiger partial charge is 0.495 e. The molecular formula is C26H27Cl2N3O5S. The van der Waals surface area contributed by atoms with E-state index in [0.717, 1.165) is 9.87 Å². The SMILES string of the molecule is CNC(=O)[C@H](C)N(Cc1ccc(Cl)cc1)C(=O)CN(c1ccc(OC)c(Cl)c1)S(=O)(=O)c1ccccc1. The third kappa shape index (κ3) is 6.74. The van der Waals surface area contributed by atoms with Crippen molar-refractivity contribution in [3.05, 3.63) is 88.4 Å². The van der Waals surface area contributed by atoms with E-state index in [9.17, 15) is 18.0 Å². The normalized spacial score (nSPS) is 11.9. The van der Waals surface area contributed by atoms with Crippen LogP contribution in [0.5, 0.6) is 5.75 Å². The Hall–Kier alpha value is -3.27. The number of sulfonamides is 1.